The van der Waals surface area contributed by atoms with E-state index in [0.29, 0.717) is 6.54 Å². The molecule has 2 N–H and O–H groups in total. The van der Waals surface area contributed by atoms with Crippen molar-refractivity contribution in [3.05, 3.63) is 0 Å². The molecule has 0 aliphatic rings. The largest absolute Gasteiger partial charge is 0.329 e. The molecule has 0 aliphatic heterocycles. The average molecular weight is 146 g/mol. The number of rotatable bonds is 3. The minimum atomic E-state index is -1.05. The van der Waals surface area contributed by atoms with Crippen molar-refractivity contribution in [3.8, 4) is 6.07 Å². The fourth-order valence-corrected chi connectivity index (χ4v) is 0.940. The second-order valence-electron chi connectivity index (χ2n) is 1.73. The van der Waals surface area contributed by atoms with Crippen LogP contribution in [0.3, 0.4) is 0 Å². The van der Waals surface area contributed by atoms with E-state index in [1.165, 1.54) is 0 Å². The molecule has 0 heterocycles. The third-order valence-corrected chi connectivity index (χ3v) is 2.49. The number of nitriles is 1. The zero-order valence-corrected chi connectivity index (χ0v) is 6.15. The number of hydrogen-bond donors (Lipinski definition) is 1. The molecular weight excluding hydrogens is 136 g/mol. The van der Waals surface area contributed by atoms with Gasteiger partial charge in [-0.25, -0.2) is 0 Å². The predicted molar refractivity (Wildman–Crippen MR) is 37.1 cm³/mol. The topological polar surface area (TPSA) is 66.9 Å². The van der Waals surface area contributed by atoms with Crippen LogP contribution < -0.4 is 5.73 Å². The Morgan fingerprint density at radius 1 is 1.89 bits per heavy atom. The summed E-state index contributed by atoms with van der Waals surface area (Å²) in [6, 6.07) is 1.83. The fraction of sp³-hybridized carbons (Fsp3) is 0.800. The second-order valence-corrected chi connectivity index (χ2v) is 3.58. The van der Waals surface area contributed by atoms with Crippen LogP contribution in [0.5, 0.6) is 0 Å². The standard InChI is InChI=1S/C5H10N2OS/c1-5(4-7)9(8)3-2-6/h5H,3-4,7H2,1H3. The summed E-state index contributed by atoms with van der Waals surface area (Å²) in [4.78, 5) is 0. The maximum atomic E-state index is 10.8. The van der Waals surface area contributed by atoms with E-state index in [4.69, 9.17) is 11.0 Å². The summed E-state index contributed by atoms with van der Waals surface area (Å²) in [5.41, 5.74) is 5.20. The summed E-state index contributed by atoms with van der Waals surface area (Å²) >= 11 is 0. The van der Waals surface area contributed by atoms with Crippen molar-refractivity contribution in [2.45, 2.75) is 12.2 Å². The van der Waals surface area contributed by atoms with Gasteiger partial charge in [0.05, 0.1) is 6.07 Å². The van der Waals surface area contributed by atoms with E-state index in [9.17, 15) is 4.21 Å². The molecule has 0 saturated heterocycles. The normalized spacial score (nSPS) is 16.1. The van der Waals surface area contributed by atoms with Crippen LogP contribution in [0.15, 0.2) is 0 Å². The SMILES string of the molecule is CC(CN)S(=O)CC#N. The molecule has 0 fully saturated rings. The molecule has 4 heteroatoms. The van der Waals surface area contributed by atoms with Crippen LogP contribution >= 0.6 is 0 Å². The highest BCUT2D eigenvalue weighted by Crippen LogP contribution is 1.91. The van der Waals surface area contributed by atoms with Crippen LogP contribution in [0.25, 0.3) is 0 Å². The van der Waals surface area contributed by atoms with E-state index in [-0.39, 0.29) is 11.0 Å². The van der Waals surface area contributed by atoms with Crippen LogP contribution in [0.1, 0.15) is 6.92 Å². The molecule has 0 saturated carbocycles. The van der Waals surface area contributed by atoms with Gasteiger partial charge < -0.3 is 5.73 Å². The van der Waals surface area contributed by atoms with Gasteiger partial charge in [0.15, 0.2) is 0 Å². The Morgan fingerprint density at radius 3 is 2.78 bits per heavy atom. The van der Waals surface area contributed by atoms with Gasteiger partial charge in [-0.1, -0.05) is 0 Å². The minimum absolute atomic E-state index is 0.0513. The smallest absolute Gasteiger partial charge is 0.111 e. The highest BCUT2D eigenvalue weighted by atomic mass is 32.2. The zero-order chi connectivity index (χ0) is 7.28. The molecule has 0 aromatic rings. The first kappa shape index (κ1) is 8.60. The van der Waals surface area contributed by atoms with E-state index in [1.54, 1.807) is 6.92 Å². The second kappa shape index (κ2) is 4.48. The van der Waals surface area contributed by atoms with E-state index in [2.05, 4.69) is 0 Å². The van der Waals surface area contributed by atoms with Gasteiger partial charge in [0, 0.05) is 22.6 Å². The van der Waals surface area contributed by atoms with Crippen molar-refractivity contribution in [3.63, 3.8) is 0 Å². The van der Waals surface area contributed by atoms with E-state index in [0.717, 1.165) is 0 Å². The number of hydrogen-bond acceptors (Lipinski definition) is 3. The van der Waals surface area contributed by atoms with E-state index in [1.807, 2.05) is 6.07 Å². The highest BCUT2D eigenvalue weighted by Gasteiger charge is 2.06. The number of nitrogens with two attached hydrogens (primary N) is 1. The maximum absolute atomic E-state index is 10.8. The van der Waals surface area contributed by atoms with Gasteiger partial charge in [-0.3, -0.25) is 4.21 Å². The summed E-state index contributed by atoms with van der Waals surface area (Å²) in [5, 5.41) is 8.05. The van der Waals surface area contributed by atoms with Crippen LogP contribution in [0.4, 0.5) is 0 Å². The first-order chi connectivity index (χ1) is 4.22. The Labute approximate surface area is 57.3 Å². The molecule has 52 valence electrons. The maximum Gasteiger partial charge on any atom is 0.111 e. The number of nitrogens with zero attached hydrogens (tertiary/aromatic N) is 1. The lowest BCUT2D eigenvalue weighted by Gasteiger charge is -2.02. The first-order valence-electron chi connectivity index (χ1n) is 2.66. The summed E-state index contributed by atoms with van der Waals surface area (Å²) in [6.45, 7) is 2.15. The third-order valence-electron chi connectivity index (χ3n) is 0.988. The summed E-state index contributed by atoms with van der Waals surface area (Å²) < 4.78 is 10.8. The van der Waals surface area contributed by atoms with Crippen LogP contribution in [0.2, 0.25) is 0 Å². The van der Waals surface area contributed by atoms with Crippen LogP contribution in [-0.4, -0.2) is 21.8 Å². The predicted octanol–water partition coefficient (Wildman–Crippen LogP) is -0.394. The molecule has 0 aliphatic carbocycles. The van der Waals surface area contributed by atoms with E-state index >= 15 is 0 Å². The summed E-state index contributed by atoms with van der Waals surface area (Å²) in [5.74, 6) is 0.0956. The van der Waals surface area contributed by atoms with Crippen LogP contribution in [-0.2, 0) is 10.8 Å². The molecular formula is C5H10N2OS. The van der Waals surface area contributed by atoms with Crippen LogP contribution in [0, 0.1) is 11.3 Å². The van der Waals surface area contributed by atoms with Crippen molar-refractivity contribution in [2.75, 3.05) is 12.3 Å². The van der Waals surface area contributed by atoms with Gasteiger partial charge >= 0.3 is 0 Å². The molecule has 3 nitrogen and oxygen atoms in total. The molecule has 9 heavy (non-hydrogen) atoms. The van der Waals surface area contributed by atoms with E-state index < -0.39 is 10.8 Å². The Morgan fingerprint density at radius 2 is 2.44 bits per heavy atom. The van der Waals surface area contributed by atoms with Gasteiger partial charge in [0.1, 0.15) is 5.75 Å². The third kappa shape index (κ3) is 3.22. The van der Waals surface area contributed by atoms with Gasteiger partial charge in [-0.05, 0) is 6.92 Å². The lowest BCUT2D eigenvalue weighted by Crippen LogP contribution is -2.23. The van der Waals surface area contributed by atoms with Gasteiger partial charge in [0.25, 0.3) is 0 Å². The Balaban J connectivity index is 3.62. The Kier molecular flexibility index (Phi) is 4.28. The van der Waals surface area contributed by atoms with Gasteiger partial charge in [-0.2, -0.15) is 5.26 Å². The van der Waals surface area contributed by atoms with Crippen molar-refractivity contribution in [1.29, 1.82) is 5.26 Å². The molecule has 0 rings (SSSR count). The molecule has 0 radical (unpaired) electrons. The summed E-state index contributed by atoms with van der Waals surface area (Å²) in [7, 11) is -1.05. The molecule has 2 unspecified atom stereocenters. The highest BCUT2D eigenvalue weighted by molar-refractivity contribution is 7.85. The lowest BCUT2D eigenvalue weighted by molar-refractivity contribution is 0.675. The van der Waals surface area contributed by atoms with Crippen molar-refractivity contribution in [1.82, 2.24) is 0 Å². The van der Waals surface area contributed by atoms with Crippen molar-refractivity contribution >= 4 is 10.8 Å². The quantitative estimate of drug-likeness (QED) is 0.589. The average Bonchev–Trinajstić information content (AvgIpc) is 1.87. The minimum Gasteiger partial charge on any atom is -0.329 e. The fourth-order valence-electron chi connectivity index (χ4n) is 0.313. The lowest BCUT2D eigenvalue weighted by atomic mass is 10.5. The van der Waals surface area contributed by atoms with Gasteiger partial charge in [0.2, 0.25) is 0 Å². The Hall–Kier alpha value is -0.400. The van der Waals surface area contributed by atoms with Gasteiger partial charge in [-0.15, -0.1) is 0 Å². The molecule has 0 spiro atoms. The first-order valence-corrected chi connectivity index (χ1v) is 4.04. The molecule has 0 aromatic heterocycles. The summed E-state index contributed by atoms with van der Waals surface area (Å²) in [6.07, 6.45) is 0. The van der Waals surface area contributed by atoms with Crippen molar-refractivity contribution < 1.29 is 4.21 Å². The zero-order valence-electron chi connectivity index (χ0n) is 5.33. The molecule has 0 bridgehead atoms. The van der Waals surface area contributed by atoms with Crippen molar-refractivity contribution in [2.24, 2.45) is 5.73 Å². The molecule has 0 amide bonds. The molecule has 0 aromatic carbocycles. The Bertz CT molecular complexity index is 140. The monoisotopic (exact) mass is 146 g/mol. The molecule has 2 atom stereocenters.